The Hall–Kier alpha value is -3.37. The number of benzene rings is 5. The van der Waals surface area contributed by atoms with E-state index in [2.05, 4.69) is 126 Å². The molecule has 6 rings (SSSR count). The Balaban J connectivity index is 1.69. The van der Waals surface area contributed by atoms with Gasteiger partial charge in [-0.1, -0.05) is 91.0 Å². The largest absolute Gasteiger partial charge is 0.456 e. The first-order chi connectivity index (χ1) is 15.8. The molecule has 2 heteroatoms. The molecule has 0 bridgehead atoms. The lowest BCUT2D eigenvalue weighted by Crippen LogP contribution is -1.92. The molecule has 0 aliphatic heterocycles. The van der Waals surface area contributed by atoms with Crippen molar-refractivity contribution in [2.75, 3.05) is 0 Å². The minimum atomic E-state index is 0.921. The molecule has 5 aromatic carbocycles. The summed E-state index contributed by atoms with van der Waals surface area (Å²) in [6.45, 7) is 0. The first-order valence-electron chi connectivity index (χ1n) is 10.6. The molecule has 0 fully saturated rings. The number of hydrogen-bond acceptors (Lipinski definition) is 1. The molecule has 0 saturated heterocycles. The van der Waals surface area contributed by atoms with Gasteiger partial charge in [0.25, 0.3) is 0 Å². The van der Waals surface area contributed by atoms with Gasteiger partial charge in [-0.05, 0) is 80.2 Å². The van der Waals surface area contributed by atoms with E-state index in [1.165, 1.54) is 42.3 Å². The lowest BCUT2D eigenvalue weighted by Gasteiger charge is -2.15. The van der Waals surface area contributed by atoms with Crippen molar-refractivity contribution in [3.63, 3.8) is 0 Å². The highest BCUT2D eigenvalue weighted by molar-refractivity contribution is 14.1. The number of hydrogen-bond donors (Lipinski definition) is 0. The molecule has 0 saturated carbocycles. The number of halogens is 1. The van der Waals surface area contributed by atoms with E-state index in [0.29, 0.717) is 0 Å². The zero-order valence-corrected chi connectivity index (χ0v) is 19.4. The molecule has 1 aromatic heterocycles. The number of fused-ring (bicyclic) bond motifs is 3. The fourth-order valence-electron chi connectivity index (χ4n) is 4.45. The van der Waals surface area contributed by atoms with Gasteiger partial charge in [-0.15, -0.1) is 0 Å². The van der Waals surface area contributed by atoms with E-state index in [9.17, 15) is 0 Å². The topological polar surface area (TPSA) is 13.1 Å². The monoisotopic (exact) mass is 522 g/mol. The average Bonchev–Trinajstić information content (AvgIpc) is 3.24. The molecular weight excluding hydrogens is 503 g/mol. The molecule has 0 atom stereocenters. The maximum Gasteiger partial charge on any atom is 0.136 e. The number of para-hydroxylation sites is 1. The Labute approximate surface area is 200 Å². The van der Waals surface area contributed by atoms with E-state index >= 15 is 0 Å². The maximum absolute atomic E-state index is 6.17. The number of furan rings is 1. The van der Waals surface area contributed by atoms with Gasteiger partial charge in [0, 0.05) is 14.3 Å². The minimum absolute atomic E-state index is 0.921. The van der Waals surface area contributed by atoms with E-state index in [4.69, 9.17) is 4.42 Å². The van der Waals surface area contributed by atoms with Crippen LogP contribution in [0.3, 0.4) is 0 Å². The van der Waals surface area contributed by atoms with Crippen LogP contribution in [0.25, 0.3) is 55.3 Å². The third-order valence-electron chi connectivity index (χ3n) is 5.96. The van der Waals surface area contributed by atoms with Crippen LogP contribution < -0.4 is 0 Å². The summed E-state index contributed by atoms with van der Waals surface area (Å²) in [7, 11) is 0. The van der Waals surface area contributed by atoms with E-state index in [1.54, 1.807) is 0 Å². The van der Waals surface area contributed by atoms with Crippen molar-refractivity contribution >= 4 is 44.5 Å². The van der Waals surface area contributed by atoms with Crippen molar-refractivity contribution in [1.29, 1.82) is 0 Å². The Morgan fingerprint density at radius 2 is 1.03 bits per heavy atom. The van der Waals surface area contributed by atoms with Gasteiger partial charge in [-0.2, -0.15) is 0 Å². The van der Waals surface area contributed by atoms with E-state index in [0.717, 1.165) is 16.6 Å². The highest BCUT2D eigenvalue weighted by atomic mass is 127. The third kappa shape index (κ3) is 3.23. The van der Waals surface area contributed by atoms with Gasteiger partial charge in [-0.3, -0.25) is 0 Å². The molecular formula is C30H19IO. The van der Waals surface area contributed by atoms with Crippen molar-refractivity contribution in [1.82, 2.24) is 0 Å². The summed E-state index contributed by atoms with van der Waals surface area (Å²) in [5.41, 5.74) is 9.16. The van der Waals surface area contributed by atoms with Gasteiger partial charge < -0.3 is 4.42 Å². The highest BCUT2D eigenvalue weighted by Crippen LogP contribution is 2.42. The molecule has 0 N–H and O–H groups in total. The predicted octanol–water partition coefficient (Wildman–Crippen LogP) is 9.19. The van der Waals surface area contributed by atoms with Gasteiger partial charge in [-0.25, -0.2) is 0 Å². The Morgan fingerprint density at radius 1 is 0.469 bits per heavy atom. The molecule has 0 aliphatic carbocycles. The zero-order chi connectivity index (χ0) is 21.5. The second kappa shape index (κ2) is 7.95. The second-order valence-electron chi connectivity index (χ2n) is 7.89. The van der Waals surface area contributed by atoms with Gasteiger partial charge in [0.1, 0.15) is 11.2 Å². The van der Waals surface area contributed by atoms with Crippen LogP contribution in [0.4, 0.5) is 0 Å². The normalized spacial score (nSPS) is 11.3. The van der Waals surface area contributed by atoms with Gasteiger partial charge >= 0.3 is 0 Å². The van der Waals surface area contributed by atoms with Crippen LogP contribution in [0.15, 0.2) is 120 Å². The molecule has 0 amide bonds. The summed E-state index contributed by atoms with van der Waals surface area (Å²) in [5.74, 6) is 0. The minimum Gasteiger partial charge on any atom is -0.456 e. The van der Waals surface area contributed by atoms with Crippen molar-refractivity contribution in [3.8, 4) is 33.4 Å². The Morgan fingerprint density at radius 3 is 1.69 bits per heavy atom. The molecule has 0 radical (unpaired) electrons. The maximum atomic E-state index is 6.17. The van der Waals surface area contributed by atoms with E-state index in [-0.39, 0.29) is 0 Å². The Kier molecular flexibility index (Phi) is 4.80. The lowest BCUT2D eigenvalue weighted by molar-refractivity contribution is 0.669. The fourth-order valence-corrected chi connectivity index (χ4v) is 5.38. The second-order valence-corrected chi connectivity index (χ2v) is 8.97. The van der Waals surface area contributed by atoms with Crippen LogP contribution in [0, 0.1) is 3.57 Å². The van der Waals surface area contributed by atoms with Crippen LogP contribution >= 0.6 is 22.6 Å². The Bertz CT molecular complexity index is 1500. The number of rotatable bonds is 3. The summed E-state index contributed by atoms with van der Waals surface area (Å²) in [4.78, 5) is 0. The summed E-state index contributed by atoms with van der Waals surface area (Å²) in [6.07, 6.45) is 0. The van der Waals surface area contributed by atoms with Crippen LogP contribution in [0.2, 0.25) is 0 Å². The zero-order valence-electron chi connectivity index (χ0n) is 17.3. The molecule has 0 aliphatic rings. The van der Waals surface area contributed by atoms with Crippen molar-refractivity contribution in [2.24, 2.45) is 0 Å². The quantitative estimate of drug-likeness (QED) is 0.211. The standard InChI is InChI=1S/C30H19IO/c31-30-25(20-10-3-1-4-11-20)18-22(19-26(30)21-12-5-2-6-13-21)23-15-9-17-28-29(23)24-14-7-8-16-27(24)32-28/h1-19H. The van der Waals surface area contributed by atoms with Crippen LogP contribution in [0.5, 0.6) is 0 Å². The van der Waals surface area contributed by atoms with Crippen LogP contribution in [-0.4, -0.2) is 0 Å². The van der Waals surface area contributed by atoms with E-state index in [1.807, 2.05) is 12.1 Å². The molecule has 0 unspecified atom stereocenters. The molecule has 152 valence electrons. The first-order valence-corrected chi connectivity index (χ1v) is 11.7. The van der Waals surface area contributed by atoms with Crippen molar-refractivity contribution < 1.29 is 4.42 Å². The summed E-state index contributed by atoms with van der Waals surface area (Å²) in [6, 6.07) is 40.5. The van der Waals surface area contributed by atoms with Gasteiger partial charge in [0.05, 0.1) is 0 Å². The fraction of sp³-hybridized carbons (Fsp3) is 0. The third-order valence-corrected chi connectivity index (χ3v) is 7.12. The van der Waals surface area contributed by atoms with E-state index < -0.39 is 0 Å². The highest BCUT2D eigenvalue weighted by Gasteiger charge is 2.17. The molecule has 1 heterocycles. The summed E-state index contributed by atoms with van der Waals surface area (Å²) < 4.78 is 7.42. The molecule has 0 spiro atoms. The lowest BCUT2D eigenvalue weighted by atomic mass is 9.91. The summed E-state index contributed by atoms with van der Waals surface area (Å²) >= 11 is 2.50. The van der Waals surface area contributed by atoms with Crippen LogP contribution in [0.1, 0.15) is 0 Å². The molecule has 1 nitrogen and oxygen atoms in total. The molecule has 6 aromatic rings. The van der Waals surface area contributed by atoms with Crippen molar-refractivity contribution in [2.45, 2.75) is 0 Å². The van der Waals surface area contributed by atoms with Crippen molar-refractivity contribution in [3.05, 3.63) is 119 Å². The predicted molar refractivity (Wildman–Crippen MR) is 143 cm³/mol. The molecule has 32 heavy (non-hydrogen) atoms. The van der Waals surface area contributed by atoms with Crippen LogP contribution in [-0.2, 0) is 0 Å². The van der Waals surface area contributed by atoms with Gasteiger partial charge in [0.2, 0.25) is 0 Å². The summed E-state index contributed by atoms with van der Waals surface area (Å²) in [5, 5.41) is 2.32. The average molecular weight is 522 g/mol. The smallest absolute Gasteiger partial charge is 0.136 e. The van der Waals surface area contributed by atoms with Gasteiger partial charge in [0.15, 0.2) is 0 Å². The first kappa shape index (κ1) is 19.3. The SMILES string of the molecule is Ic1c(-c2ccccc2)cc(-c2cccc3oc4ccccc4c23)cc1-c1ccccc1.